The van der Waals surface area contributed by atoms with E-state index in [4.69, 9.17) is 0 Å². The second-order valence-electron chi connectivity index (χ2n) is 5.55. The molecule has 4 rings (SSSR count). The van der Waals surface area contributed by atoms with Crippen LogP contribution in [0.4, 0.5) is 0 Å². The normalized spacial score (nSPS) is 14.7. The molecule has 3 aromatic rings. The van der Waals surface area contributed by atoms with E-state index in [1.807, 2.05) is 0 Å². The number of rotatable bonds is 0. The van der Waals surface area contributed by atoms with Crippen molar-refractivity contribution in [3.63, 3.8) is 0 Å². The summed E-state index contributed by atoms with van der Waals surface area (Å²) < 4.78 is 2.44. The van der Waals surface area contributed by atoms with Crippen molar-refractivity contribution in [1.82, 2.24) is 0 Å². The third-order valence-electron chi connectivity index (χ3n) is 4.35. The Labute approximate surface area is 135 Å². The van der Waals surface area contributed by atoms with Crippen LogP contribution in [-0.2, 0) is 12.8 Å². The molecule has 20 heavy (non-hydrogen) atoms. The van der Waals surface area contributed by atoms with Gasteiger partial charge in [-0.05, 0) is 102 Å². The molecule has 0 radical (unpaired) electrons. The Morgan fingerprint density at radius 1 is 0.650 bits per heavy atom. The lowest BCUT2D eigenvalue weighted by Gasteiger charge is -2.18. The summed E-state index contributed by atoms with van der Waals surface area (Å²) in [5, 5.41) is 5.22. The molecule has 1 aliphatic carbocycles. The highest BCUT2D eigenvalue weighted by atomic mass is 79.9. The number of hydrogen-bond donors (Lipinski definition) is 0. The number of fused-ring (bicyclic) bond motifs is 3. The first-order chi connectivity index (χ1) is 9.75. The Morgan fingerprint density at radius 2 is 1.10 bits per heavy atom. The smallest absolute Gasteiger partial charge is 0.0333 e. The van der Waals surface area contributed by atoms with Crippen LogP contribution in [0, 0.1) is 0 Å². The zero-order valence-electron chi connectivity index (χ0n) is 11.0. The minimum atomic E-state index is 1.22. The van der Waals surface area contributed by atoms with Crippen LogP contribution in [0.15, 0.2) is 45.3 Å². The average molecular weight is 390 g/mol. The van der Waals surface area contributed by atoms with Crippen molar-refractivity contribution in [1.29, 1.82) is 0 Å². The van der Waals surface area contributed by atoms with Crippen LogP contribution >= 0.6 is 31.9 Å². The maximum atomic E-state index is 3.82. The zero-order valence-corrected chi connectivity index (χ0v) is 14.2. The molecule has 0 nitrogen and oxygen atoms in total. The summed E-state index contributed by atoms with van der Waals surface area (Å²) in [5.74, 6) is 0. The number of benzene rings is 3. The molecule has 0 atom stereocenters. The van der Waals surface area contributed by atoms with Crippen LogP contribution in [0.5, 0.6) is 0 Å². The van der Waals surface area contributed by atoms with E-state index in [1.54, 1.807) is 0 Å². The van der Waals surface area contributed by atoms with E-state index in [2.05, 4.69) is 68.3 Å². The molecule has 0 bridgehead atoms. The van der Waals surface area contributed by atoms with Crippen LogP contribution in [-0.4, -0.2) is 0 Å². The molecule has 0 amide bonds. The Hall–Kier alpha value is -0.860. The lowest BCUT2D eigenvalue weighted by molar-refractivity contribution is 0.687. The van der Waals surface area contributed by atoms with Crippen molar-refractivity contribution in [2.24, 2.45) is 0 Å². The van der Waals surface area contributed by atoms with Crippen molar-refractivity contribution < 1.29 is 0 Å². The van der Waals surface area contributed by atoms with E-state index in [0.29, 0.717) is 0 Å². The van der Waals surface area contributed by atoms with Gasteiger partial charge in [0.25, 0.3) is 0 Å². The highest BCUT2D eigenvalue weighted by molar-refractivity contribution is 9.11. The van der Waals surface area contributed by atoms with Gasteiger partial charge in [-0.1, -0.05) is 24.3 Å². The molecule has 0 heterocycles. The zero-order chi connectivity index (χ0) is 13.7. The summed E-state index contributed by atoms with van der Waals surface area (Å²) in [6.07, 6.45) is 5.10. The third kappa shape index (κ3) is 1.85. The molecule has 0 N–H and O–H groups in total. The van der Waals surface area contributed by atoms with Crippen molar-refractivity contribution in [3.8, 4) is 0 Å². The molecule has 0 saturated carbocycles. The van der Waals surface area contributed by atoms with E-state index in [0.717, 1.165) is 0 Å². The highest BCUT2D eigenvalue weighted by Crippen LogP contribution is 2.41. The van der Waals surface area contributed by atoms with Gasteiger partial charge in [-0.3, -0.25) is 0 Å². The Balaban J connectivity index is 2.18. The van der Waals surface area contributed by atoms with Gasteiger partial charge in [-0.2, -0.15) is 0 Å². The summed E-state index contributed by atoms with van der Waals surface area (Å²) in [6, 6.07) is 13.4. The summed E-state index contributed by atoms with van der Waals surface area (Å²) in [6.45, 7) is 0. The summed E-state index contributed by atoms with van der Waals surface area (Å²) >= 11 is 7.65. The predicted octanol–water partition coefficient (Wildman–Crippen LogP) is 6.40. The molecule has 2 heteroatoms. The molecule has 0 saturated heterocycles. The largest absolute Gasteiger partial charge is 0.0616 e. The number of halogens is 2. The van der Waals surface area contributed by atoms with Crippen molar-refractivity contribution in [2.45, 2.75) is 25.7 Å². The Kier molecular flexibility index (Phi) is 3.12. The van der Waals surface area contributed by atoms with Crippen molar-refractivity contribution in [3.05, 3.63) is 56.5 Å². The molecule has 0 fully saturated rings. The topological polar surface area (TPSA) is 0 Å². The van der Waals surface area contributed by atoms with Gasteiger partial charge in [0.05, 0.1) is 0 Å². The molecule has 1 aliphatic rings. The monoisotopic (exact) mass is 388 g/mol. The van der Waals surface area contributed by atoms with E-state index >= 15 is 0 Å². The fraction of sp³-hybridized carbons (Fsp3) is 0.222. The van der Waals surface area contributed by atoms with Crippen LogP contribution < -0.4 is 0 Å². The lowest BCUT2D eigenvalue weighted by atomic mass is 9.88. The number of hydrogen-bond acceptors (Lipinski definition) is 0. The molecule has 0 spiro atoms. The molecule has 0 aromatic heterocycles. The first kappa shape index (κ1) is 12.8. The van der Waals surface area contributed by atoms with Gasteiger partial charge in [0.1, 0.15) is 0 Å². The molecule has 0 unspecified atom stereocenters. The Morgan fingerprint density at radius 3 is 1.55 bits per heavy atom. The SMILES string of the molecule is Brc1c2ccccc2c(Br)c2cc3c(cc12)CCCC3. The summed E-state index contributed by atoms with van der Waals surface area (Å²) in [5.41, 5.74) is 3.07. The van der Waals surface area contributed by atoms with Crippen LogP contribution in [0.1, 0.15) is 24.0 Å². The van der Waals surface area contributed by atoms with Gasteiger partial charge < -0.3 is 0 Å². The maximum absolute atomic E-state index is 3.82. The van der Waals surface area contributed by atoms with Gasteiger partial charge in [0.15, 0.2) is 0 Å². The third-order valence-corrected chi connectivity index (χ3v) is 6.06. The summed E-state index contributed by atoms with van der Waals surface area (Å²) in [4.78, 5) is 0. The van der Waals surface area contributed by atoms with Gasteiger partial charge >= 0.3 is 0 Å². The van der Waals surface area contributed by atoms with E-state index in [-0.39, 0.29) is 0 Å². The van der Waals surface area contributed by atoms with E-state index in [9.17, 15) is 0 Å². The fourth-order valence-electron chi connectivity index (χ4n) is 3.30. The molecule has 3 aromatic carbocycles. The van der Waals surface area contributed by atoms with Gasteiger partial charge in [0, 0.05) is 8.95 Å². The lowest BCUT2D eigenvalue weighted by Crippen LogP contribution is -2.02. The van der Waals surface area contributed by atoms with Crippen molar-refractivity contribution in [2.75, 3.05) is 0 Å². The minimum Gasteiger partial charge on any atom is -0.0616 e. The average Bonchev–Trinajstić information content (AvgIpc) is 2.51. The van der Waals surface area contributed by atoms with Gasteiger partial charge in [-0.15, -0.1) is 0 Å². The minimum absolute atomic E-state index is 1.22. The van der Waals surface area contributed by atoms with E-state index < -0.39 is 0 Å². The van der Waals surface area contributed by atoms with E-state index in [1.165, 1.54) is 67.3 Å². The number of aryl methyl sites for hydroxylation is 2. The fourth-order valence-corrected chi connectivity index (χ4v) is 4.65. The molecule has 100 valence electrons. The quantitative estimate of drug-likeness (QED) is 0.390. The van der Waals surface area contributed by atoms with Crippen LogP contribution in [0.25, 0.3) is 21.5 Å². The van der Waals surface area contributed by atoms with Crippen LogP contribution in [0.2, 0.25) is 0 Å². The molecule has 0 aliphatic heterocycles. The maximum Gasteiger partial charge on any atom is 0.0333 e. The molecular weight excluding hydrogens is 376 g/mol. The standard InChI is InChI=1S/C18H14Br2/c19-17-13-7-3-4-8-14(13)18(20)16-10-12-6-2-1-5-11(12)9-15(16)17/h3-4,7-10H,1-2,5-6H2. The first-order valence-corrected chi connectivity index (χ1v) is 8.65. The first-order valence-electron chi connectivity index (χ1n) is 7.07. The molecular formula is C18H14Br2. The van der Waals surface area contributed by atoms with Gasteiger partial charge in [-0.25, -0.2) is 0 Å². The second kappa shape index (κ2) is 4.85. The van der Waals surface area contributed by atoms with Crippen molar-refractivity contribution >= 4 is 53.4 Å². The second-order valence-corrected chi connectivity index (χ2v) is 7.13. The van der Waals surface area contributed by atoms with Crippen LogP contribution in [0.3, 0.4) is 0 Å². The predicted molar refractivity (Wildman–Crippen MR) is 93.5 cm³/mol. The summed E-state index contributed by atoms with van der Waals surface area (Å²) in [7, 11) is 0. The van der Waals surface area contributed by atoms with Gasteiger partial charge in [0.2, 0.25) is 0 Å². The Bertz CT molecular complexity index is 764. The highest BCUT2D eigenvalue weighted by Gasteiger charge is 2.15.